The van der Waals surface area contributed by atoms with E-state index < -0.39 is 0 Å². The number of aliphatic hydroxyl groups excluding tert-OH is 1. The standard InChI is InChI=1S/C11H17NOS/c1-10(12-14-9-5-8-13)11-6-3-2-4-7-11/h2-4,6-7,10,12-13H,5,8-9H2,1H3. The van der Waals surface area contributed by atoms with E-state index in [9.17, 15) is 0 Å². The molecule has 1 rings (SSSR count). The van der Waals surface area contributed by atoms with Crippen molar-refractivity contribution in [1.29, 1.82) is 0 Å². The summed E-state index contributed by atoms with van der Waals surface area (Å²) in [4.78, 5) is 0. The summed E-state index contributed by atoms with van der Waals surface area (Å²) < 4.78 is 3.34. The zero-order chi connectivity index (χ0) is 10.2. The van der Waals surface area contributed by atoms with Crippen LogP contribution in [0.3, 0.4) is 0 Å². The summed E-state index contributed by atoms with van der Waals surface area (Å²) in [7, 11) is 0. The van der Waals surface area contributed by atoms with Crippen molar-refractivity contribution in [2.75, 3.05) is 12.4 Å². The molecule has 2 N–H and O–H groups in total. The molecule has 78 valence electrons. The van der Waals surface area contributed by atoms with Crippen molar-refractivity contribution in [3.8, 4) is 0 Å². The second kappa shape index (κ2) is 6.87. The van der Waals surface area contributed by atoms with E-state index in [2.05, 4.69) is 23.8 Å². The minimum Gasteiger partial charge on any atom is -0.396 e. The molecule has 3 heteroatoms. The van der Waals surface area contributed by atoms with Crippen LogP contribution in [0.5, 0.6) is 0 Å². The van der Waals surface area contributed by atoms with Gasteiger partial charge >= 0.3 is 0 Å². The first-order valence-electron chi connectivity index (χ1n) is 4.87. The van der Waals surface area contributed by atoms with Crippen molar-refractivity contribution < 1.29 is 5.11 Å². The lowest BCUT2D eigenvalue weighted by Crippen LogP contribution is -2.11. The van der Waals surface area contributed by atoms with Gasteiger partial charge in [-0.3, -0.25) is 4.72 Å². The minimum absolute atomic E-state index is 0.272. The van der Waals surface area contributed by atoms with E-state index in [-0.39, 0.29) is 6.61 Å². The average Bonchev–Trinajstić information content (AvgIpc) is 2.25. The van der Waals surface area contributed by atoms with Gasteiger partial charge in [-0.25, -0.2) is 0 Å². The predicted molar refractivity (Wildman–Crippen MR) is 62.2 cm³/mol. The molecule has 0 radical (unpaired) electrons. The Hall–Kier alpha value is -0.510. The number of hydrogen-bond donors (Lipinski definition) is 2. The number of hydrogen-bond acceptors (Lipinski definition) is 3. The Bertz CT molecular complexity index is 240. The third-order valence-electron chi connectivity index (χ3n) is 1.96. The molecule has 0 saturated heterocycles. The van der Waals surface area contributed by atoms with Crippen molar-refractivity contribution in [2.24, 2.45) is 0 Å². The van der Waals surface area contributed by atoms with Crippen molar-refractivity contribution in [1.82, 2.24) is 4.72 Å². The van der Waals surface area contributed by atoms with E-state index in [4.69, 9.17) is 5.11 Å². The molecule has 1 atom stereocenters. The largest absolute Gasteiger partial charge is 0.396 e. The van der Waals surface area contributed by atoms with Gasteiger partial charge in [-0.2, -0.15) is 0 Å². The smallest absolute Gasteiger partial charge is 0.0439 e. The molecule has 0 bridgehead atoms. The normalized spacial score (nSPS) is 12.7. The van der Waals surface area contributed by atoms with Gasteiger partial charge in [0, 0.05) is 18.4 Å². The van der Waals surface area contributed by atoms with Gasteiger partial charge in [0.1, 0.15) is 0 Å². The molecule has 0 aliphatic heterocycles. The number of rotatable bonds is 6. The maximum Gasteiger partial charge on any atom is 0.0439 e. The molecule has 0 aliphatic rings. The highest BCUT2D eigenvalue weighted by molar-refractivity contribution is 7.97. The van der Waals surface area contributed by atoms with Gasteiger partial charge in [-0.05, 0) is 18.9 Å². The minimum atomic E-state index is 0.272. The van der Waals surface area contributed by atoms with Gasteiger partial charge in [-0.15, -0.1) is 0 Å². The summed E-state index contributed by atoms with van der Waals surface area (Å²) >= 11 is 1.67. The van der Waals surface area contributed by atoms with Crippen molar-refractivity contribution in [3.63, 3.8) is 0 Å². The van der Waals surface area contributed by atoms with E-state index in [0.717, 1.165) is 12.2 Å². The predicted octanol–water partition coefficient (Wildman–Crippen LogP) is 2.37. The fraction of sp³-hybridized carbons (Fsp3) is 0.455. The summed E-state index contributed by atoms with van der Waals surface area (Å²) in [6, 6.07) is 10.7. The van der Waals surface area contributed by atoms with Gasteiger partial charge in [0.2, 0.25) is 0 Å². The molecule has 0 aromatic heterocycles. The van der Waals surface area contributed by atoms with Crippen LogP contribution in [0, 0.1) is 0 Å². The summed E-state index contributed by atoms with van der Waals surface area (Å²) in [6.07, 6.45) is 0.846. The Morgan fingerprint density at radius 2 is 2.07 bits per heavy atom. The SMILES string of the molecule is CC(NSCCCO)c1ccccc1. The number of aliphatic hydroxyl groups is 1. The van der Waals surface area contributed by atoms with E-state index in [0.29, 0.717) is 6.04 Å². The highest BCUT2D eigenvalue weighted by atomic mass is 32.2. The second-order valence-electron chi connectivity index (χ2n) is 3.18. The molecule has 0 saturated carbocycles. The van der Waals surface area contributed by atoms with Gasteiger partial charge in [0.05, 0.1) is 0 Å². The molecular formula is C11H17NOS. The Morgan fingerprint density at radius 1 is 1.36 bits per heavy atom. The van der Waals surface area contributed by atoms with Crippen LogP contribution in [0.25, 0.3) is 0 Å². The van der Waals surface area contributed by atoms with Gasteiger partial charge in [-0.1, -0.05) is 42.3 Å². The molecule has 2 nitrogen and oxygen atoms in total. The van der Waals surface area contributed by atoms with Crippen LogP contribution < -0.4 is 4.72 Å². The molecule has 0 fully saturated rings. The first-order chi connectivity index (χ1) is 6.84. The van der Waals surface area contributed by atoms with Gasteiger partial charge in [0.25, 0.3) is 0 Å². The van der Waals surface area contributed by atoms with Gasteiger partial charge < -0.3 is 5.11 Å². The van der Waals surface area contributed by atoms with E-state index in [1.54, 1.807) is 11.9 Å². The van der Waals surface area contributed by atoms with Crippen LogP contribution in [0.2, 0.25) is 0 Å². The Balaban J connectivity index is 2.25. The molecule has 0 spiro atoms. The lowest BCUT2D eigenvalue weighted by Gasteiger charge is -2.12. The molecule has 0 aliphatic carbocycles. The van der Waals surface area contributed by atoms with Crippen molar-refractivity contribution >= 4 is 11.9 Å². The van der Waals surface area contributed by atoms with E-state index in [1.165, 1.54) is 5.56 Å². The second-order valence-corrected chi connectivity index (χ2v) is 4.11. The topological polar surface area (TPSA) is 32.3 Å². The summed E-state index contributed by atoms with van der Waals surface area (Å²) in [5.74, 6) is 0.952. The lowest BCUT2D eigenvalue weighted by atomic mass is 10.1. The quantitative estimate of drug-likeness (QED) is 0.559. The summed E-state index contributed by atoms with van der Waals surface area (Å²) in [5.41, 5.74) is 1.30. The third kappa shape index (κ3) is 4.13. The zero-order valence-corrected chi connectivity index (χ0v) is 9.26. The van der Waals surface area contributed by atoms with Crippen LogP contribution in [-0.2, 0) is 0 Å². The van der Waals surface area contributed by atoms with E-state index >= 15 is 0 Å². The third-order valence-corrected chi connectivity index (χ3v) is 2.98. The Labute approximate surface area is 89.9 Å². The molecule has 0 heterocycles. The highest BCUT2D eigenvalue weighted by Crippen LogP contribution is 2.14. The highest BCUT2D eigenvalue weighted by Gasteiger charge is 2.02. The Kier molecular flexibility index (Phi) is 5.68. The van der Waals surface area contributed by atoms with Crippen molar-refractivity contribution in [3.05, 3.63) is 35.9 Å². The molecular weight excluding hydrogens is 194 g/mol. The van der Waals surface area contributed by atoms with Crippen LogP contribution >= 0.6 is 11.9 Å². The fourth-order valence-electron chi connectivity index (χ4n) is 1.13. The van der Waals surface area contributed by atoms with Crippen LogP contribution in [0.4, 0.5) is 0 Å². The zero-order valence-electron chi connectivity index (χ0n) is 8.44. The molecule has 14 heavy (non-hydrogen) atoms. The van der Waals surface area contributed by atoms with E-state index in [1.807, 2.05) is 18.2 Å². The monoisotopic (exact) mass is 211 g/mol. The average molecular weight is 211 g/mol. The molecule has 0 amide bonds. The summed E-state index contributed by atoms with van der Waals surface area (Å²) in [6.45, 7) is 2.41. The van der Waals surface area contributed by atoms with Crippen molar-refractivity contribution in [2.45, 2.75) is 19.4 Å². The molecule has 1 unspecified atom stereocenters. The molecule has 1 aromatic rings. The maximum atomic E-state index is 8.61. The van der Waals surface area contributed by atoms with Crippen LogP contribution in [-0.4, -0.2) is 17.5 Å². The Morgan fingerprint density at radius 3 is 2.71 bits per heavy atom. The lowest BCUT2D eigenvalue weighted by molar-refractivity contribution is 0.296. The number of benzene rings is 1. The first kappa shape index (κ1) is 11.6. The molecule has 1 aromatic carbocycles. The van der Waals surface area contributed by atoms with Gasteiger partial charge in [0.15, 0.2) is 0 Å². The van der Waals surface area contributed by atoms with Crippen LogP contribution in [0.1, 0.15) is 24.9 Å². The summed E-state index contributed by atoms with van der Waals surface area (Å²) in [5, 5.41) is 8.61. The number of nitrogens with one attached hydrogen (secondary N) is 1. The fourth-order valence-corrected chi connectivity index (χ4v) is 1.91. The maximum absolute atomic E-state index is 8.61. The van der Waals surface area contributed by atoms with Crippen LogP contribution in [0.15, 0.2) is 30.3 Å². The first-order valence-corrected chi connectivity index (χ1v) is 5.86.